The molecule has 0 bridgehead atoms. The zero-order valence-corrected chi connectivity index (χ0v) is 12.2. The highest BCUT2D eigenvalue weighted by Crippen LogP contribution is 2.09. The van der Waals surface area contributed by atoms with Crippen molar-refractivity contribution in [3.63, 3.8) is 0 Å². The van der Waals surface area contributed by atoms with Crippen LogP contribution < -0.4 is 0 Å². The average Bonchev–Trinajstić information content (AvgIpc) is 2.34. The molecule has 0 spiro atoms. The average molecular weight is 303 g/mol. The summed E-state index contributed by atoms with van der Waals surface area (Å²) in [7, 11) is -3.48. The molecule has 1 N–H and O–H groups in total. The smallest absolute Gasteiger partial charge is 0.307 e. The van der Waals surface area contributed by atoms with Crippen molar-refractivity contribution in [2.24, 2.45) is 5.92 Å². The van der Waals surface area contributed by atoms with E-state index in [9.17, 15) is 17.6 Å². The maximum absolute atomic E-state index is 12.8. The van der Waals surface area contributed by atoms with Gasteiger partial charge in [0.05, 0.1) is 12.2 Å². The number of nitrogens with zero attached hydrogens (tertiary/aromatic N) is 1. The van der Waals surface area contributed by atoms with E-state index < -0.39 is 21.9 Å². The largest absolute Gasteiger partial charge is 0.481 e. The van der Waals surface area contributed by atoms with Gasteiger partial charge in [0.15, 0.2) is 0 Å². The Balaban J connectivity index is 2.71. The van der Waals surface area contributed by atoms with Crippen LogP contribution in [0.4, 0.5) is 4.39 Å². The lowest BCUT2D eigenvalue weighted by Crippen LogP contribution is -2.37. The third-order valence-corrected chi connectivity index (χ3v) is 4.20. The first-order valence-electron chi connectivity index (χ1n) is 6.12. The van der Waals surface area contributed by atoms with Gasteiger partial charge in [0.25, 0.3) is 0 Å². The Morgan fingerprint density at radius 1 is 1.35 bits per heavy atom. The molecule has 0 aromatic heterocycles. The standard InChI is InChI=1S/C13H18FNO4S/c1-10(13(16)17)9-15(20(2,18)19)8-7-11-3-5-12(14)6-4-11/h3-6,10H,7-9H2,1-2H3,(H,16,17). The highest BCUT2D eigenvalue weighted by Gasteiger charge is 2.22. The Bertz CT molecular complexity index is 556. The Morgan fingerprint density at radius 3 is 2.35 bits per heavy atom. The second-order valence-corrected chi connectivity index (χ2v) is 6.72. The van der Waals surface area contributed by atoms with Crippen molar-refractivity contribution in [1.82, 2.24) is 4.31 Å². The van der Waals surface area contributed by atoms with Crippen LogP contribution in [0.3, 0.4) is 0 Å². The summed E-state index contributed by atoms with van der Waals surface area (Å²) in [5.74, 6) is -2.17. The molecule has 0 fully saturated rings. The molecule has 1 unspecified atom stereocenters. The first kappa shape index (κ1) is 16.6. The Kier molecular flexibility index (Phi) is 5.64. The molecule has 1 atom stereocenters. The molecule has 1 aromatic rings. The minimum atomic E-state index is -3.48. The lowest BCUT2D eigenvalue weighted by molar-refractivity contribution is -0.141. The number of carboxylic acids is 1. The van der Waals surface area contributed by atoms with Gasteiger partial charge < -0.3 is 5.11 Å². The van der Waals surface area contributed by atoms with Gasteiger partial charge >= 0.3 is 5.97 Å². The molecule has 0 saturated carbocycles. The predicted octanol–water partition coefficient (Wildman–Crippen LogP) is 1.35. The summed E-state index contributed by atoms with van der Waals surface area (Å²) in [4.78, 5) is 10.8. The van der Waals surface area contributed by atoms with Gasteiger partial charge in [0.2, 0.25) is 10.0 Å². The van der Waals surface area contributed by atoms with Crippen LogP contribution in [0.1, 0.15) is 12.5 Å². The van der Waals surface area contributed by atoms with E-state index in [2.05, 4.69) is 0 Å². The van der Waals surface area contributed by atoms with Crippen LogP contribution in [0.25, 0.3) is 0 Å². The molecular weight excluding hydrogens is 285 g/mol. The van der Waals surface area contributed by atoms with Crippen molar-refractivity contribution in [2.45, 2.75) is 13.3 Å². The predicted molar refractivity (Wildman–Crippen MR) is 73.3 cm³/mol. The second kappa shape index (κ2) is 6.81. The summed E-state index contributed by atoms with van der Waals surface area (Å²) in [6, 6.07) is 5.77. The van der Waals surface area contributed by atoms with Crippen molar-refractivity contribution in [2.75, 3.05) is 19.3 Å². The van der Waals surface area contributed by atoms with E-state index in [1.165, 1.54) is 19.1 Å². The molecule has 1 rings (SSSR count). The van der Waals surface area contributed by atoms with Crippen molar-refractivity contribution in [1.29, 1.82) is 0 Å². The van der Waals surface area contributed by atoms with Gasteiger partial charge in [-0.1, -0.05) is 19.1 Å². The molecule has 0 amide bonds. The maximum atomic E-state index is 12.8. The van der Waals surface area contributed by atoms with Gasteiger partial charge in [-0.15, -0.1) is 0 Å². The minimum absolute atomic E-state index is 0.0740. The minimum Gasteiger partial charge on any atom is -0.481 e. The molecule has 5 nitrogen and oxygen atoms in total. The van der Waals surface area contributed by atoms with E-state index >= 15 is 0 Å². The van der Waals surface area contributed by atoms with Crippen molar-refractivity contribution < 1.29 is 22.7 Å². The van der Waals surface area contributed by atoms with E-state index in [4.69, 9.17) is 5.11 Å². The molecule has 0 aliphatic heterocycles. The first-order valence-corrected chi connectivity index (χ1v) is 7.97. The highest BCUT2D eigenvalue weighted by atomic mass is 32.2. The summed E-state index contributed by atoms with van der Waals surface area (Å²) in [6.07, 6.45) is 1.45. The molecule has 1 aromatic carbocycles. The quantitative estimate of drug-likeness (QED) is 0.825. The molecule has 112 valence electrons. The van der Waals surface area contributed by atoms with Gasteiger partial charge in [-0.3, -0.25) is 4.79 Å². The van der Waals surface area contributed by atoms with E-state index in [0.29, 0.717) is 6.42 Å². The number of rotatable bonds is 7. The van der Waals surface area contributed by atoms with Crippen LogP contribution in [-0.2, 0) is 21.2 Å². The summed E-state index contributed by atoms with van der Waals surface area (Å²) in [5.41, 5.74) is 0.794. The van der Waals surface area contributed by atoms with Crippen molar-refractivity contribution >= 4 is 16.0 Å². The van der Waals surface area contributed by atoms with Gasteiger partial charge in [-0.2, -0.15) is 0 Å². The van der Waals surface area contributed by atoms with E-state index in [0.717, 1.165) is 16.1 Å². The van der Waals surface area contributed by atoms with Gasteiger partial charge in [0.1, 0.15) is 5.82 Å². The Hall–Kier alpha value is -1.47. The van der Waals surface area contributed by atoms with E-state index in [-0.39, 0.29) is 18.9 Å². The van der Waals surface area contributed by atoms with Gasteiger partial charge in [-0.25, -0.2) is 17.1 Å². The molecule has 20 heavy (non-hydrogen) atoms. The molecule has 0 aliphatic carbocycles. The van der Waals surface area contributed by atoms with Gasteiger partial charge in [0, 0.05) is 13.1 Å². The fourth-order valence-electron chi connectivity index (χ4n) is 1.68. The van der Waals surface area contributed by atoms with Crippen LogP contribution in [0.2, 0.25) is 0 Å². The van der Waals surface area contributed by atoms with Crippen LogP contribution >= 0.6 is 0 Å². The number of sulfonamides is 1. The number of carbonyl (C=O) groups is 1. The SMILES string of the molecule is CC(CN(CCc1ccc(F)cc1)S(C)(=O)=O)C(=O)O. The first-order chi connectivity index (χ1) is 9.20. The lowest BCUT2D eigenvalue weighted by atomic mass is 10.1. The van der Waals surface area contributed by atoms with Crippen LogP contribution in [0.5, 0.6) is 0 Å². The topological polar surface area (TPSA) is 74.7 Å². The normalized spacial score (nSPS) is 13.4. The lowest BCUT2D eigenvalue weighted by Gasteiger charge is -2.21. The number of hydrogen-bond acceptors (Lipinski definition) is 3. The number of aliphatic carboxylic acids is 1. The maximum Gasteiger partial charge on any atom is 0.307 e. The van der Waals surface area contributed by atoms with Crippen LogP contribution in [-0.4, -0.2) is 43.1 Å². The monoisotopic (exact) mass is 303 g/mol. The summed E-state index contributed by atoms with van der Waals surface area (Å²) in [5, 5.41) is 8.85. The fourth-order valence-corrected chi connectivity index (χ4v) is 2.60. The number of hydrogen-bond donors (Lipinski definition) is 1. The van der Waals surface area contributed by atoms with Crippen LogP contribution in [0, 0.1) is 11.7 Å². The third kappa shape index (κ3) is 5.26. The fraction of sp³-hybridized carbons (Fsp3) is 0.462. The Labute approximate surface area is 118 Å². The summed E-state index contributed by atoms with van der Waals surface area (Å²) in [6.45, 7) is 1.55. The number of carboxylic acid groups (broad SMARTS) is 1. The molecule has 0 radical (unpaired) electrons. The van der Waals surface area contributed by atoms with E-state index in [1.54, 1.807) is 12.1 Å². The highest BCUT2D eigenvalue weighted by molar-refractivity contribution is 7.88. The van der Waals surface area contributed by atoms with Crippen molar-refractivity contribution in [3.8, 4) is 0 Å². The molecule has 0 heterocycles. The summed E-state index contributed by atoms with van der Waals surface area (Å²) >= 11 is 0. The Morgan fingerprint density at radius 2 is 1.90 bits per heavy atom. The molecule has 0 saturated heterocycles. The molecule has 0 aliphatic rings. The second-order valence-electron chi connectivity index (χ2n) is 4.74. The zero-order valence-electron chi connectivity index (χ0n) is 11.4. The molecule has 7 heteroatoms. The number of benzene rings is 1. The number of halogens is 1. The molecular formula is C13H18FNO4S. The zero-order chi connectivity index (χ0) is 15.3. The third-order valence-electron chi connectivity index (χ3n) is 2.93. The van der Waals surface area contributed by atoms with Gasteiger partial charge in [-0.05, 0) is 24.1 Å². The summed E-state index contributed by atoms with van der Waals surface area (Å²) < 4.78 is 37.2. The van der Waals surface area contributed by atoms with Crippen molar-refractivity contribution in [3.05, 3.63) is 35.6 Å². The van der Waals surface area contributed by atoms with E-state index in [1.807, 2.05) is 0 Å². The van der Waals surface area contributed by atoms with Crippen LogP contribution in [0.15, 0.2) is 24.3 Å².